The first-order chi connectivity index (χ1) is 10.3. The zero-order valence-corrected chi connectivity index (χ0v) is 13.3. The molecule has 0 spiro atoms. The molecule has 0 fully saturated rings. The number of fused-ring (bicyclic) bond motifs is 1. The highest BCUT2D eigenvalue weighted by atomic mass is 16.5. The molecule has 1 atom stereocenters. The van der Waals surface area contributed by atoms with Gasteiger partial charge in [-0.05, 0) is 30.2 Å². The number of benzene rings is 1. The molecular weight excluding hydrogens is 262 g/mol. The third kappa shape index (κ3) is 4.23. The van der Waals surface area contributed by atoms with Crippen LogP contribution in [0.25, 0.3) is 0 Å². The second-order valence-corrected chi connectivity index (χ2v) is 5.93. The number of anilines is 1. The van der Waals surface area contributed by atoms with Gasteiger partial charge < -0.3 is 10.1 Å². The van der Waals surface area contributed by atoms with Gasteiger partial charge in [0.25, 0.3) is 0 Å². The van der Waals surface area contributed by atoms with E-state index in [1.54, 1.807) is 0 Å². The largest absolute Gasteiger partial charge is 0.465 e. The molecule has 2 rings (SSSR count). The van der Waals surface area contributed by atoms with Gasteiger partial charge in [0.15, 0.2) is 0 Å². The summed E-state index contributed by atoms with van der Waals surface area (Å²) in [6.07, 6.45) is 9.18. The lowest BCUT2D eigenvalue weighted by Crippen LogP contribution is -2.03. The minimum Gasteiger partial charge on any atom is -0.465 e. The first-order valence-electron chi connectivity index (χ1n) is 8.22. The van der Waals surface area contributed by atoms with Gasteiger partial charge in [0.05, 0.1) is 12.7 Å². The maximum absolute atomic E-state index is 11.6. The number of rotatable bonds is 8. The minimum absolute atomic E-state index is 0.247. The van der Waals surface area contributed by atoms with Gasteiger partial charge in [0.2, 0.25) is 0 Å². The highest BCUT2D eigenvalue weighted by Crippen LogP contribution is 2.35. The van der Waals surface area contributed by atoms with Crippen LogP contribution in [0.3, 0.4) is 0 Å². The SMILES string of the molecule is CCCCCCCCC1CNc2ccc(C(=O)OC)cc21. The predicted molar refractivity (Wildman–Crippen MR) is 87.0 cm³/mol. The Morgan fingerprint density at radius 3 is 2.76 bits per heavy atom. The van der Waals surface area contributed by atoms with Crippen LogP contribution >= 0.6 is 0 Å². The average Bonchev–Trinajstić information content (AvgIpc) is 2.92. The van der Waals surface area contributed by atoms with Gasteiger partial charge in [-0.3, -0.25) is 0 Å². The molecule has 1 aromatic rings. The Balaban J connectivity index is 1.86. The number of nitrogens with one attached hydrogen (secondary N) is 1. The summed E-state index contributed by atoms with van der Waals surface area (Å²) in [6.45, 7) is 3.24. The molecule has 3 nitrogen and oxygen atoms in total. The van der Waals surface area contributed by atoms with Crippen LogP contribution in [0.1, 0.15) is 73.7 Å². The topological polar surface area (TPSA) is 38.3 Å². The van der Waals surface area contributed by atoms with Crippen molar-refractivity contribution in [2.45, 2.75) is 57.8 Å². The second kappa shape index (κ2) is 8.06. The Kier molecular flexibility index (Phi) is 6.09. The molecule has 0 bridgehead atoms. The molecule has 0 saturated heterocycles. The predicted octanol–water partition coefficient (Wildman–Crippen LogP) is 4.73. The van der Waals surface area contributed by atoms with E-state index in [-0.39, 0.29) is 5.97 Å². The van der Waals surface area contributed by atoms with Gasteiger partial charge in [-0.15, -0.1) is 0 Å². The van der Waals surface area contributed by atoms with Crippen LogP contribution in [0.5, 0.6) is 0 Å². The maximum Gasteiger partial charge on any atom is 0.337 e. The summed E-state index contributed by atoms with van der Waals surface area (Å²) in [5.41, 5.74) is 3.12. The average molecular weight is 289 g/mol. The molecule has 0 aromatic heterocycles. The van der Waals surface area contributed by atoms with E-state index >= 15 is 0 Å². The van der Waals surface area contributed by atoms with Crippen LogP contribution in [0.15, 0.2) is 18.2 Å². The van der Waals surface area contributed by atoms with E-state index in [4.69, 9.17) is 4.74 Å². The zero-order chi connectivity index (χ0) is 15.1. The van der Waals surface area contributed by atoms with Gasteiger partial charge in [0, 0.05) is 18.2 Å². The van der Waals surface area contributed by atoms with Crippen molar-refractivity contribution in [3.8, 4) is 0 Å². The van der Waals surface area contributed by atoms with Gasteiger partial charge in [-0.1, -0.05) is 45.4 Å². The van der Waals surface area contributed by atoms with Crippen LogP contribution < -0.4 is 5.32 Å². The van der Waals surface area contributed by atoms with Crippen molar-refractivity contribution >= 4 is 11.7 Å². The quantitative estimate of drug-likeness (QED) is 0.555. The van der Waals surface area contributed by atoms with Crippen molar-refractivity contribution in [2.24, 2.45) is 0 Å². The normalized spacial score (nSPS) is 16.4. The van der Waals surface area contributed by atoms with Crippen LogP contribution in [0, 0.1) is 0 Å². The fourth-order valence-corrected chi connectivity index (χ4v) is 3.08. The lowest BCUT2D eigenvalue weighted by atomic mass is 9.93. The number of unbranched alkanes of at least 4 members (excludes halogenated alkanes) is 5. The van der Waals surface area contributed by atoms with Crippen LogP contribution in [-0.2, 0) is 4.74 Å². The third-order valence-corrected chi connectivity index (χ3v) is 4.36. The zero-order valence-electron chi connectivity index (χ0n) is 13.3. The Hall–Kier alpha value is -1.51. The van der Waals surface area contributed by atoms with E-state index in [9.17, 15) is 4.79 Å². The summed E-state index contributed by atoms with van der Waals surface area (Å²) in [7, 11) is 1.43. The molecule has 0 radical (unpaired) electrons. The highest BCUT2D eigenvalue weighted by molar-refractivity contribution is 5.90. The fraction of sp³-hybridized carbons (Fsp3) is 0.611. The Morgan fingerprint density at radius 2 is 2.00 bits per heavy atom. The molecule has 0 aliphatic carbocycles. The summed E-state index contributed by atoms with van der Waals surface area (Å²) in [5, 5.41) is 3.44. The number of carbonyl (C=O) groups is 1. The third-order valence-electron chi connectivity index (χ3n) is 4.36. The molecular formula is C18H27NO2. The number of methoxy groups -OCH3 is 1. The first kappa shape index (κ1) is 15.9. The fourth-order valence-electron chi connectivity index (χ4n) is 3.08. The minimum atomic E-state index is -0.247. The highest BCUT2D eigenvalue weighted by Gasteiger charge is 2.23. The Labute approximate surface area is 128 Å². The molecule has 1 aliphatic heterocycles. The lowest BCUT2D eigenvalue weighted by Gasteiger charge is -2.11. The van der Waals surface area contributed by atoms with Crippen LogP contribution in [0.2, 0.25) is 0 Å². The smallest absolute Gasteiger partial charge is 0.337 e. The van der Waals surface area contributed by atoms with Crippen molar-refractivity contribution in [2.75, 3.05) is 19.0 Å². The summed E-state index contributed by atoms with van der Waals surface area (Å²) >= 11 is 0. The Morgan fingerprint density at radius 1 is 1.24 bits per heavy atom. The van der Waals surface area contributed by atoms with E-state index in [1.165, 1.54) is 63.3 Å². The van der Waals surface area contributed by atoms with E-state index in [0.29, 0.717) is 11.5 Å². The second-order valence-electron chi connectivity index (χ2n) is 5.93. The molecule has 1 aliphatic rings. The molecule has 1 aromatic carbocycles. The summed E-state index contributed by atoms with van der Waals surface area (Å²) in [6, 6.07) is 5.84. The first-order valence-corrected chi connectivity index (χ1v) is 8.22. The molecule has 3 heteroatoms. The van der Waals surface area contributed by atoms with Gasteiger partial charge in [-0.25, -0.2) is 4.79 Å². The van der Waals surface area contributed by atoms with E-state index in [0.717, 1.165) is 6.54 Å². The van der Waals surface area contributed by atoms with Gasteiger partial charge in [0.1, 0.15) is 0 Å². The summed E-state index contributed by atoms with van der Waals surface area (Å²) < 4.78 is 4.81. The number of esters is 1. The molecule has 0 amide bonds. The van der Waals surface area contributed by atoms with Crippen LogP contribution in [-0.4, -0.2) is 19.6 Å². The van der Waals surface area contributed by atoms with E-state index in [1.807, 2.05) is 18.2 Å². The lowest BCUT2D eigenvalue weighted by molar-refractivity contribution is 0.0600. The number of ether oxygens (including phenoxy) is 1. The summed E-state index contributed by atoms with van der Waals surface area (Å²) in [4.78, 5) is 11.6. The van der Waals surface area contributed by atoms with Crippen molar-refractivity contribution < 1.29 is 9.53 Å². The van der Waals surface area contributed by atoms with Crippen molar-refractivity contribution in [3.63, 3.8) is 0 Å². The molecule has 0 saturated carbocycles. The number of hydrogen-bond acceptors (Lipinski definition) is 3. The molecule has 1 N–H and O–H groups in total. The molecule has 116 valence electrons. The van der Waals surface area contributed by atoms with E-state index in [2.05, 4.69) is 12.2 Å². The van der Waals surface area contributed by atoms with Crippen molar-refractivity contribution in [1.82, 2.24) is 0 Å². The summed E-state index contributed by atoms with van der Waals surface area (Å²) in [5.74, 6) is 0.291. The maximum atomic E-state index is 11.6. The molecule has 1 unspecified atom stereocenters. The van der Waals surface area contributed by atoms with E-state index < -0.39 is 0 Å². The van der Waals surface area contributed by atoms with Crippen molar-refractivity contribution in [1.29, 1.82) is 0 Å². The molecule has 21 heavy (non-hydrogen) atoms. The van der Waals surface area contributed by atoms with Crippen LogP contribution in [0.4, 0.5) is 5.69 Å². The molecule has 1 heterocycles. The van der Waals surface area contributed by atoms with Crippen molar-refractivity contribution in [3.05, 3.63) is 29.3 Å². The number of carbonyl (C=O) groups excluding carboxylic acids is 1. The standard InChI is InChI=1S/C18H27NO2/c1-3-4-5-6-7-8-9-15-13-19-17-11-10-14(12-16(15)17)18(20)21-2/h10-12,15,19H,3-9,13H2,1-2H3. The number of hydrogen-bond donors (Lipinski definition) is 1. The monoisotopic (exact) mass is 289 g/mol. The Bertz CT molecular complexity index is 470. The van der Waals surface area contributed by atoms with Gasteiger partial charge >= 0.3 is 5.97 Å². The van der Waals surface area contributed by atoms with Gasteiger partial charge in [-0.2, -0.15) is 0 Å².